The predicted molar refractivity (Wildman–Crippen MR) is 60.7 cm³/mol. The molecular formula is C9H21NO5S. The van der Waals surface area contributed by atoms with Gasteiger partial charge < -0.3 is 14.2 Å². The predicted octanol–water partition coefficient (Wildman–Crippen LogP) is -0.267. The SMILES string of the molecule is CC(C)OCCOCCOCCS(N)(=O)=O. The molecule has 0 bridgehead atoms. The van der Waals surface area contributed by atoms with Crippen LogP contribution >= 0.6 is 0 Å². The second-order valence-electron chi connectivity index (χ2n) is 3.51. The molecule has 2 N–H and O–H groups in total. The van der Waals surface area contributed by atoms with E-state index in [1.165, 1.54) is 0 Å². The van der Waals surface area contributed by atoms with Crippen molar-refractivity contribution in [2.75, 3.05) is 38.8 Å². The molecule has 0 fully saturated rings. The molecule has 16 heavy (non-hydrogen) atoms. The Morgan fingerprint density at radius 2 is 1.50 bits per heavy atom. The lowest BCUT2D eigenvalue weighted by molar-refractivity contribution is 0.000323. The van der Waals surface area contributed by atoms with Crippen LogP contribution in [0.25, 0.3) is 0 Å². The van der Waals surface area contributed by atoms with Gasteiger partial charge in [0.15, 0.2) is 0 Å². The van der Waals surface area contributed by atoms with Gasteiger partial charge >= 0.3 is 0 Å². The second kappa shape index (κ2) is 8.89. The zero-order chi connectivity index (χ0) is 12.4. The molecule has 0 aliphatic heterocycles. The van der Waals surface area contributed by atoms with Crippen LogP contribution in [0.15, 0.2) is 0 Å². The molecule has 98 valence electrons. The lowest BCUT2D eigenvalue weighted by atomic mass is 10.5. The average molecular weight is 255 g/mol. The molecule has 0 aromatic carbocycles. The highest BCUT2D eigenvalue weighted by molar-refractivity contribution is 7.89. The van der Waals surface area contributed by atoms with Gasteiger partial charge in [-0.05, 0) is 13.8 Å². The van der Waals surface area contributed by atoms with Gasteiger partial charge in [0, 0.05) is 0 Å². The first kappa shape index (κ1) is 15.8. The van der Waals surface area contributed by atoms with E-state index in [9.17, 15) is 8.42 Å². The zero-order valence-corrected chi connectivity index (χ0v) is 10.7. The van der Waals surface area contributed by atoms with Gasteiger partial charge in [-0.25, -0.2) is 13.6 Å². The van der Waals surface area contributed by atoms with E-state index in [1.807, 2.05) is 13.8 Å². The summed E-state index contributed by atoms with van der Waals surface area (Å²) in [5.41, 5.74) is 0. The minimum Gasteiger partial charge on any atom is -0.378 e. The Morgan fingerprint density at radius 1 is 1.00 bits per heavy atom. The first-order chi connectivity index (χ1) is 7.42. The van der Waals surface area contributed by atoms with E-state index >= 15 is 0 Å². The first-order valence-corrected chi connectivity index (χ1v) is 6.91. The fourth-order valence-corrected chi connectivity index (χ4v) is 1.19. The second-order valence-corrected chi connectivity index (χ2v) is 5.25. The number of hydrogen-bond donors (Lipinski definition) is 1. The van der Waals surface area contributed by atoms with Gasteiger partial charge in [-0.1, -0.05) is 0 Å². The smallest absolute Gasteiger partial charge is 0.211 e. The Labute approximate surface area is 97.1 Å². The third-order valence-electron chi connectivity index (χ3n) is 1.56. The number of sulfonamides is 1. The Balaban J connectivity index is 3.10. The number of rotatable bonds is 10. The topological polar surface area (TPSA) is 87.8 Å². The van der Waals surface area contributed by atoms with Crippen molar-refractivity contribution in [3.05, 3.63) is 0 Å². The number of nitrogens with two attached hydrogens (primary N) is 1. The average Bonchev–Trinajstić information content (AvgIpc) is 2.13. The van der Waals surface area contributed by atoms with Crippen molar-refractivity contribution in [1.82, 2.24) is 0 Å². The Kier molecular flexibility index (Phi) is 8.77. The van der Waals surface area contributed by atoms with Gasteiger partial charge in [-0.15, -0.1) is 0 Å². The van der Waals surface area contributed by atoms with Crippen LogP contribution in [-0.2, 0) is 24.2 Å². The lowest BCUT2D eigenvalue weighted by Crippen LogP contribution is -2.21. The van der Waals surface area contributed by atoms with Crippen LogP contribution in [0.3, 0.4) is 0 Å². The van der Waals surface area contributed by atoms with Crippen molar-refractivity contribution in [2.45, 2.75) is 20.0 Å². The number of primary sulfonamides is 1. The van der Waals surface area contributed by atoms with Crippen molar-refractivity contribution in [2.24, 2.45) is 5.14 Å². The van der Waals surface area contributed by atoms with Crippen LogP contribution in [0.4, 0.5) is 0 Å². The van der Waals surface area contributed by atoms with Crippen molar-refractivity contribution >= 4 is 10.0 Å². The van der Waals surface area contributed by atoms with Crippen molar-refractivity contribution in [3.8, 4) is 0 Å². The van der Waals surface area contributed by atoms with Crippen LogP contribution in [-0.4, -0.2) is 53.3 Å². The summed E-state index contributed by atoms with van der Waals surface area (Å²) in [6, 6.07) is 0. The molecule has 0 aliphatic carbocycles. The van der Waals surface area contributed by atoms with E-state index in [2.05, 4.69) is 0 Å². The maximum atomic E-state index is 10.5. The van der Waals surface area contributed by atoms with E-state index in [0.29, 0.717) is 26.4 Å². The van der Waals surface area contributed by atoms with Crippen LogP contribution < -0.4 is 5.14 Å². The minimum atomic E-state index is -3.42. The first-order valence-electron chi connectivity index (χ1n) is 5.19. The van der Waals surface area contributed by atoms with Crippen molar-refractivity contribution in [1.29, 1.82) is 0 Å². The molecule has 0 unspecified atom stereocenters. The molecule has 0 saturated heterocycles. The Morgan fingerprint density at radius 3 is 2.00 bits per heavy atom. The summed E-state index contributed by atoms with van der Waals surface area (Å²) in [5, 5.41) is 4.79. The Bertz CT molecular complexity index is 253. The third kappa shape index (κ3) is 13.8. The maximum Gasteiger partial charge on any atom is 0.211 e. The molecule has 0 heterocycles. The summed E-state index contributed by atoms with van der Waals surface area (Å²) >= 11 is 0. The third-order valence-corrected chi connectivity index (χ3v) is 2.30. The van der Waals surface area contributed by atoms with E-state index < -0.39 is 10.0 Å². The summed E-state index contributed by atoms with van der Waals surface area (Å²) in [5.74, 6) is -0.163. The summed E-state index contributed by atoms with van der Waals surface area (Å²) in [7, 11) is -3.42. The molecular weight excluding hydrogens is 234 g/mol. The largest absolute Gasteiger partial charge is 0.378 e. The molecule has 0 radical (unpaired) electrons. The van der Waals surface area contributed by atoms with Crippen molar-refractivity contribution < 1.29 is 22.6 Å². The van der Waals surface area contributed by atoms with Gasteiger partial charge in [0.25, 0.3) is 0 Å². The Hall–Kier alpha value is -0.210. The summed E-state index contributed by atoms with van der Waals surface area (Å²) in [4.78, 5) is 0. The van der Waals surface area contributed by atoms with Crippen LogP contribution in [0.5, 0.6) is 0 Å². The van der Waals surface area contributed by atoms with E-state index in [0.717, 1.165) is 0 Å². The molecule has 6 nitrogen and oxygen atoms in total. The summed E-state index contributed by atoms with van der Waals surface area (Å²) < 4.78 is 36.5. The summed E-state index contributed by atoms with van der Waals surface area (Å²) in [6.07, 6.45) is 0.203. The molecule has 0 saturated carbocycles. The molecule has 0 rings (SSSR count). The van der Waals surface area contributed by atoms with Gasteiger partial charge in [0.1, 0.15) is 0 Å². The zero-order valence-electron chi connectivity index (χ0n) is 9.85. The lowest BCUT2D eigenvalue weighted by Gasteiger charge is -2.08. The highest BCUT2D eigenvalue weighted by Crippen LogP contribution is 1.87. The van der Waals surface area contributed by atoms with Crippen LogP contribution in [0.2, 0.25) is 0 Å². The molecule has 0 amide bonds. The van der Waals surface area contributed by atoms with Crippen LogP contribution in [0.1, 0.15) is 13.8 Å². The van der Waals surface area contributed by atoms with E-state index in [1.54, 1.807) is 0 Å². The van der Waals surface area contributed by atoms with Crippen molar-refractivity contribution in [3.63, 3.8) is 0 Å². The molecule has 0 aromatic heterocycles. The van der Waals surface area contributed by atoms with Crippen LogP contribution in [0, 0.1) is 0 Å². The molecule has 0 atom stereocenters. The quantitative estimate of drug-likeness (QED) is 0.543. The van der Waals surface area contributed by atoms with Gasteiger partial charge in [-0.3, -0.25) is 0 Å². The van der Waals surface area contributed by atoms with E-state index in [-0.39, 0.29) is 18.5 Å². The standard InChI is InChI=1S/C9H21NO5S/c1-9(2)15-6-5-13-3-4-14-7-8-16(10,11)12/h9H,3-8H2,1-2H3,(H2,10,11,12). The normalized spacial score (nSPS) is 12.2. The van der Waals surface area contributed by atoms with Gasteiger partial charge in [-0.2, -0.15) is 0 Å². The number of ether oxygens (including phenoxy) is 3. The number of hydrogen-bond acceptors (Lipinski definition) is 5. The summed E-state index contributed by atoms with van der Waals surface area (Å²) in [6.45, 7) is 5.85. The van der Waals surface area contributed by atoms with E-state index in [4.69, 9.17) is 19.3 Å². The minimum absolute atomic E-state index is 0.102. The monoisotopic (exact) mass is 255 g/mol. The molecule has 0 spiro atoms. The highest BCUT2D eigenvalue weighted by Gasteiger charge is 2.01. The maximum absolute atomic E-state index is 10.5. The highest BCUT2D eigenvalue weighted by atomic mass is 32.2. The fourth-order valence-electron chi connectivity index (χ4n) is 0.840. The molecule has 7 heteroatoms. The molecule has 0 aromatic rings. The molecule has 0 aliphatic rings. The van der Waals surface area contributed by atoms with Gasteiger partial charge in [0.2, 0.25) is 10.0 Å². The fraction of sp³-hybridized carbons (Fsp3) is 1.00. The van der Waals surface area contributed by atoms with Gasteiger partial charge in [0.05, 0.1) is 44.9 Å².